The molecule has 0 saturated heterocycles. The number of furan rings is 1. The largest absolute Gasteiger partial charge is 0.475 e. The summed E-state index contributed by atoms with van der Waals surface area (Å²) in [7, 11) is 0. The van der Waals surface area contributed by atoms with Crippen molar-refractivity contribution in [2.45, 2.75) is 0 Å². The van der Waals surface area contributed by atoms with Crippen molar-refractivity contribution in [3.05, 3.63) is 28.6 Å². The van der Waals surface area contributed by atoms with Gasteiger partial charge in [-0.05, 0) is 12.1 Å². The molecule has 0 aliphatic carbocycles. The van der Waals surface area contributed by atoms with E-state index in [0.717, 1.165) is 12.1 Å². The van der Waals surface area contributed by atoms with Gasteiger partial charge in [0.1, 0.15) is 0 Å². The van der Waals surface area contributed by atoms with E-state index in [4.69, 9.17) is 5.11 Å². The molecule has 6 heteroatoms. The molecule has 0 aliphatic rings. The minimum atomic E-state index is -1.31. The number of hydrogen-bond acceptors (Lipinski definition) is 4. The number of aromatic carboxylic acids is 1. The van der Waals surface area contributed by atoms with Crippen LogP contribution in [0, 0.1) is 4.91 Å². The van der Waals surface area contributed by atoms with E-state index in [0.29, 0.717) is 0 Å². The molecule has 0 radical (unpaired) electrons. The molecule has 0 spiro atoms. The van der Waals surface area contributed by atoms with Crippen molar-refractivity contribution in [1.82, 2.24) is 0 Å². The standard InChI is InChI=1S/C6H3NO5/c8-5(7-11)3-1-2-4(12-3)6(9)10/h1-2H,(H,9,10). The molecule has 1 aromatic heterocycles. The minimum Gasteiger partial charge on any atom is -0.475 e. The van der Waals surface area contributed by atoms with Crippen LogP contribution in [0.5, 0.6) is 0 Å². The van der Waals surface area contributed by atoms with Crippen molar-refractivity contribution in [2.24, 2.45) is 5.18 Å². The molecule has 1 amide bonds. The third-order valence-corrected chi connectivity index (χ3v) is 1.11. The average molecular weight is 169 g/mol. The molecule has 0 unspecified atom stereocenters. The lowest BCUT2D eigenvalue weighted by Gasteiger charge is -1.84. The van der Waals surface area contributed by atoms with E-state index in [1.807, 2.05) is 0 Å². The van der Waals surface area contributed by atoms with Gasteiger partial charge in [0.25, 0.3) is 0 Å². The predicted molar refractivity (Wildman–Crippen MR) is 35.8 cm³/mol. The normalized spacial score (nSPS) is 9.33. The molecule has 0 atom stereocenters. The van der Waals surface area contributed by atoms with Crippen molar-refractivity contribution in [2.75, 3.05) is 0 Å². The van der Waals surface area contributed by atoms with Gasteiger partial charge in [-0.3, -0.25) is 4.79 Å². The Bertz CT molecular complexity index is 339. The van der Waals surface area contributed by atoms with E-state index in [-0.39, 0.29) is 5.76 Å². The van der Waals surface area contributed by atoms with Gasteiger partial charge in [0.15, 0.2) is 5.76 Å². The third kappa shape index (κ3) is 1.36. The maximum atomic E-state index is 10.5. The number of amides is 1. The lowest BCUT2D eigenvalue weighted by Crippen LogP contribution is -1.93. The summed E-state index contributed by atoms with van der Waals surface area (Å²) >= 11 is 0. The molecule has 12 heavy (non-hydrogen) atoms. The number of hydrogen-bond donors (Lipinski definition) is 1. The van der Waals surface area contributed by atoms with E-state index in [1.165, 1.54) is 0 Å². The maximum Gasteiger partial charge on any atom is 0.371 e. The zero-order valence-corrected chi connectivity index (χ0v) is 5.68. The molecule has 1 rings (SSSR count). The lowest BCUT2D eigenvalue weighted by atomic mass is 10.4. The van der Waals surface area contributed by atoms with Crippen LogP contribution in [0.3, 0.4) is 0 Å². The Hall–Kier alpha value is -1.98. The van der Waals surface area contributed by atoms with E-state index >= 15 is 0 Å². The van der Waals surface area contributed by atoms with Gasteiger partial charge in [0.2, 0.25) is 5.76 Å². The molecular formula is C6H3NO5. The van der Waals surface area contributed by atoms with Crippen LogP contribution in [0.1, 0.15) is 21.1 Å². The fraction of sp³-hybridized carbons (Fsp3) is 0. The Morgan fingerprint density at radius 2 is 1.92 bits per heavy atom. The summed E-state index contributed by atoms with van der Waals surface area (Å²) in [6, 6.07) is 2.15. The fourth-order valence-electron chi connectivity index (χ4n) is 0.613. The van der Waals surface area contributed by atoms with Gasteiger partial charge in [-0.2, -0.15) is 0 Å². The molecule has 1 heterocycles. The quantitative estimate of drug-likeness (QED) is 0.662. The number of nitrogens with zero attached hydrogens (tertiary/aromatic N) is 1. The van der Waals surface area contributed by atoms with E-state index in [9.17, 15) is 14.5 Å². The number of rotatable bonds is 2. The topological polar surface area (TPSA) is 96.9 Å². The van der Waals surface area contributed by atoms with Crippen LogP contribution in [-0.4, -0.2) is 17.0 Å². The van der Waals surface area contributed by atoms with Crippen molar-refractivity contribution >= 4 is 11.9 Å². The Morgan fingerprint density at radius 1 is 1.33 bits per heavy atom. The highest BCUT2D eigenvalue weighted by molar-refractivity contribution is 5.93. The lowest BCUT2D eigenvalue weighted by molar-refractivity contribution is 0.0660. The van der Waals surface area contributed by atoms with Crippen LogP contribution in [0.25, 0.3) is 0 Å². The van der Waals surface area contributed by atoms with Gasteiger partial charge in [0.05, 0.1) is 0 Å². The fourth-order valence-corrected chi connectivity index (χ4v) is 0.613. The van der Waals surface area contributed by atoms with E-state index in [1.54, 1.807) is 0 Å². The van der Waals surface area contributed by atoms with Crippen LogP contribution in [0.2, 0.25) is 0 Å². The summed E-state index contributed by atoms with van der Waals surface area (Å²) < 4.78 is 4.45. The van der Waals surface area contributed by atoms with Crippen molar-refractivity contribution in [3.63, 3.8) is 0 Å². The molecule has 0 fully saturated rings. The molecule has 1 aromatic rings. The van der Waals surface area contributed by atoms with Gasteiger partial charge in [0, 0.05) is 5.18 Å². The van der Waals surface area contributed by atoms with E-state index < -0.39 is 17.6 Å². The van der Waals surface area contributed by atoms with Crippen molar-refractivity contribution in [3.8, 4) is 0 Å². The average Bonchev–Trinajstić information content (AvgIpc) is 2.51. The summed E-state index contributed by atoms with van der Waals surface area (Å²) in [5, 5.41) is 10.4. The van der Waals surface area contributed by atoms with Gasteiger partial charge >= 0.3 is 11.9 Å². The highest BCUT2D eigenvalue weighted by atomic mass is 16.4. The van der Waals surface area contributed by atoms with Crippen LogP contribution in [0.15, 0.2) is 21.7 Å². The highest BCUT2D eigenvalue weighted by Crippen LogP contribution is 2.08. The Balaban J connectivity index is 2.99. The van der Waals surface area contributed by atoms with Gasteiger partial charge < -0.3 is 9.52 Å². The van der Waals surface area contributed by atoms with Crippen LogP contribution in [0.4, 0.5) is 0 Å². The number of carboxylic acids is 1. The van der Waals surface area contributed by atoms with Crippen LogP contribution in [-0.2, 0) is 0 Å². The Kier molecular flexibility index (Phi) is 2.00. The molecule has 1 N–H and O–H groups in total. The SMILES string of the molecule is O=NC(=O)c1ccc(C(=O)O)o1. The van der Waals surface area contributed by atoms with Crippen LogP contribution < -0.4 is 0 Å². The first-order valence-corrected chi connectivity index (χ1v) is 2.86. The number of carbonyl (C=O) groups is 2. The summed E-state index contributed by atoms with van der Waals surface area (Å²) in [5.74, 6) is -3.20. The highest BCUT2D eigenvalue weighted by Gasteiger charge is 2.14. The monoisotopic (exact) mass is 169 g/mol. The second-order valence-electron chi connectivity index (χ2n) is 1.87. The third-order valence-electron chi connectivity index (χ3n) is 1.11. The summed E-state index contributed by atoms with van der Waals surface area (Å²) in [6.45, 7) is 0. The minimum absolute atomic E-state index is 0.373. The summed E-state index contributed by atoms with van der Waals surface area (Å²) in [4.78, 5) is 30.4. The zero-order chi connectivity index (χ0) is 9.14. The smallest absolute Gasteiger partial charge is 0.371 e. The molecular weight excluding hydrogens is 166 g/mol. The summed E-state index contributed by atoms with van der Waals surface area (Å²) in [5.41, 5.74) is 0. The second kappa shape index (κ2) is 2.95. The predicted octanol–water partition coefficient (Wildman–Crippen LogP) is 0.884. The zero-order valence-electron chi connectivity index (χ0n) is 5.68. The number of nitroso groups, excluding NO2 is 1. The van der Waals surface area contributed by atoms with Gasteiger partial charge in [-0.15, -0.1) is 4.91 Å². The van der Waals surface area contributed by atoms with Crippen molar-refractivity contribution < 1.29 is 19.1 Å². The van der Waals surface area contributed by atoms with Crippen molar-refractivity contribution in [1.29, 1.82) is 0 Å². The first-order valence-electron chi connectivity index (χ1n) is 2.86. The first-order chi connectivity index (χ1) is 5.65. The second-order valence-corrected chi connectivity index (χ2v) is 1.87. The molecule has 6 nitrogen and oxygen atoms in total. The van der Waals surface area contributed by atoms with E-state index in [2.05, 4.69) is 9.59 Å². The Labute approximate surface area is 65.8 Å². The molecule has 0 aromatic carbocycles. The first kappa shape index (κ1) is 8.12. The number of carboxylic acid groups (broad SMARTS) is 1. The number of carbonyl (C=O) groups excluding carboxylic acids is 1. The molecule has 62 valence electrons. The maximum absolute atomic E-state index is 10.5. The molecule has 0 aliphatic heterocycles. The summed E-state index contributed by atoms with van der Waals surface area (Å²) in [6.07, 6.45) is 0. The van der Waals surface area contributed by atoms with Gasteiger partial charge in [-0.1, -0.05) is 0 Å². The molecule has 0 bridgehead atoms. The van der Waals surface area contributed by atoms with Gasteiger partial charge in [-0.25, -0.2) is 4.79 Å². The molecule has 0 saturated carbocycles. The van der Waals surface area contributed by atoms with Crippen LogP contribution >= 0.6 is 0 Å². The Morgan fingerprint density at radius 3 is 2.33 bits per heavy atom.